The van der Waals surface area contributed by atoms with Gasteiger partial charge in [0.25, 0.3) is 0 Å². The van der Waals surface area contributed by atoms with Crippen LogP contribution >= 0.6 is 0 Å². The van der Waals surface area contributed by atoms with Crippen LogP contribution in [-0.2, 0) is 0 Å². The van der Waals surface area contributed by atoms with Gasteiger partial charge in [-0.2, -0.15) is 0 Å². The number of hydrogen-bond acceptors (Lipinski definition) is 4. The summed E-state index contributed by atoms with van der Waals surface area (Å²) in [5.41, 5.74) is 0. The molecular formula is C12H40N4Si5. The molecule has 0 saturated heterocycles. The van der Waals surface area contributed by atoms with Crippen molar-refractivity contribution in [2.45, 2.75) is 58.9 Å². The van der Waals surface area contributed by atoms with Crippen LogP contribution in [0.1, 0.15) is 0 Å². The molecule has 9 heteroatoms. The summed E-state index contributed by atoms with van der Waals surface area (Å²) in [4.78, 5) is 0. The molecular weight excluding hydrogens is 341 g/mol. The van der Waals surface area contributed by atoms with Crippen LogP contribution in [-0.4, -0.2) is 77.7 Å². The van der Waals surface area contributed by atoms with Gasteiger partial charge in [0.05, 0.1) is 10.4 Å². The van der Waals surface area contributed by atoms with Gasteiger partial charge in [0, 0.05) is 0 Å². The Balaban J connectivity index is 5.53. The first kappa shape index (κ1) is 21.9. The molecule has 0 spiro atoms. The lowest BCUT2D eigenvalue weighted by molar-refractivity contribution is 0.563. The molecule has 4 nitrogen and oxygen atoms in total. The lowest BCUT2D eigenvalue weighted by Crippen LogP contribution is -2.79. The zero-order chi connectivity index (χ0) is 17.4. The number of nitrogens with zero attached hydrogens (tertiary/aromatic N) is 3. The van der Waals surface area contributed by atoms with Crippen LogP contribution in [0.3, 0.4) is 0 Å². The minimum Gasteiger partial charge on any atom is -0.355 e. The Labute approximate surface area is 141 Å². The molecule has 0 aliphatic carbocycles. The van der Waals surface area contributed by atoms with Crippen LogP contribution in [0.2, 0.25) is 58.9 Å². The van der Waals surface area contributed by atoms with Crippen LogP contribution in [0.5, 0.6) is 0 Å². The first-order valence-electron chi connectivity index (χ1n) is 7.93. The average molecular weight is 381 g/mol. The first-order chi connectivity index (χ1) is 9.02. The Morgan fingerprint density at radius 1 is 0.619 bits per heavy atom. The third-order valence-electron chi connectivity index (χ3n) is 5.74. The zero-order valence-corrected chi connectivity index (χ0v) is 22.8. The maximum absolute atomic E-state index is 3.74. The summed E-state index contributed by atoms with van der Waals surface area (Å²) in [6.07, 6.45) is 0. The first-order valence-corrected chi connectivity index (χ1v) is 21.1. The smallest absolute Gasteiger partial charge is 0.188 e. The molecule has 0 aromatic rings. The maximum Gasteiger partial charge on any atom is 0.188 e. The number of hydrogen-bond donors (Lipinski definition) is 1. The van der Waals surface area contributed by atoms with E-state index in [9.17, 15) is 0 Å². The largest absolute Gasteiger partial charge is 0.355 e. The Morgan fingerprint density at radius 2 is 0.952 bits per heavy atom. The third kappa shape index (κ3) is 4.70. The van der Waals surface area contributed by atoms with E-state index in [0.717, 1.165) is 10.4 Å². The lowest BCUT2D eigenvalue weighted by Gasteiger charge is -2.56. The molecule has 0 atom stereocenters. The summed E-state index contributed by atoms with van der Waals surface area (Å²) in [5, 5.41) is 0. The summed E-state index contributed by atoms with van der Waals surface area (Å²) in [6, 6.07) is 0. The van der Waals surface area contributed by atoms with Crippen LogP contribution in [0.4, 0.5) is 0 Å². The predicted octanol–water partition coefficient (Wildman–Crippen LogP) is 1.59. The van der Waals surface area contributed by atoms with Gasteiger partial charge >= 0.3 is 0 Å². The summed E-state index contributed by atoms with van der Waals surface area (Å²) in [6.45, 7) is 22.4. The highest BCUT2D eigenvalue weighted by atomic mass is 28.5. The van der Waals surface area contributed by atoms with Gasteiger partial charge in [0.2, 0.25) is 0 Å². The second-order valence-corrected chi connectivity index (χ2v) is 29.4. The van der Waals surface area contributed by atoms with Crippen molar-refractivity contribution in [2.24, 2.45) is 0 Å². The summed E-state index contributed by atoms with van der Waals surface area (Å²) in [7, 11) is 2.29. The molecule has 1 N–H and O–H groups in total. The molecule has 0 aromatic heterocycles. The number of rotatable bonds is 7. The standard InChI is InChI=1S/C12H40N4Si5/c1-14(18(4,5)6)20(9,10)16(3)21(11,12)15(2)19(7,8)13-17/h13H,1-12,17H3. The molecule has 0 amide bonds. The van der Waals surface area contributed by atoms with E-state index < -0.39 is 33.4 Å². The lowest BCUT2D eigenvalue weighted by atomic mass is 11.6. The summed E-state index contributed by atoms with van der Waals surface area (Å²) >= 11 is 0. The normalized spacial score (nSPS) is 15.6. The molecule has 0 saturated carbocycles. The summed E-state index contributed by atoms with van der Waals surface area (Å²) < 4.78 is 12.1. The SMILES string of the molecule is CN([Si](C)(C)C)[Si](C)(C)N(C)[Si](C)(C)N(C)[Si](C)(C)N[SiH3]. The quantitative estimate of drug-likeness (QED) is 0.677. The Hall–Kier alpha value is 0.924. The highest BCUT2D eigenvalue weighted by molar-refractivity contribution is 6.98. The van der Waals surface area contributed by atoms with E-state index in [1.54, 1.807) is 0 Å². The minimum absolute atomic E-state index is 1.08. The zero-order valence-electron chi connectivity index (χ0n) is 16.8. The maximum atomic E-state index is 3.74. The van der Waals surface area contributed by atoms with E-state index in [0.29, 0.717) is 0 Å². The Kier molecular flexibility index (Phi) is 7.11. The molecule has 0 bridgehead atoms. The Bertz CT molecular complexity index is 354. The van der Waals surface area contributed by atoms with E-state index in [1.165, 1.54) is 0 Å². The topological polar surface area (TPSA) is 21.8 Å². The van der Waals surface area contributed by atoms with Crippen molar-refractivity contribution in [1.82, 2.24) is 17.3 Å². The van der Waals surface area contributed by atoms with E-state index >= 15 is 0 Å². The van der Waals surface area contributed by atoms with Gasteiger partial charge in [-0.1, -0.05) is 19.6 Å². The van der Waals surface area contributed by atoms with E-state index in [2.05, 4.69) is 97.4 Å². The van der Waals surface area contributed by atoms with Crippen molar-refractivity contribution < 1.29 is 0 Å². The predicted molar refractivity (Wildman–Crippen MR) is 112 cm³/mol. The van der Waals surface area contributed by atoms with Crippen LogP contribution in [0.15, 0.2) is 0 Å². The Morgan fingerprint density at radius 3 is 1.24 bits per heavy atom. The van der Waals surface area contributed by atoms with E-state index in [4.69, 9.17) is 0 Å². The molecule has 0 aliphatic rings. The fourth-order valence-corrected chi connectivity index (χ4v) is 25.8. The minimum atomic E-state index is -1.61. The second-order valence-electron chi connectivity index (χ2n) is 8.65. The van der Waals surface area contributed by atoms with Crippen molar-refractivity contribution >= 4 is 43.8 Å². The van der Waals surface area contributed by atoms with Crippen LogP contribution in [0, 0.1) is 0 Å². The molecule has 0 aromatic carbocycles. The molecule has 0 rings (SSSR count). The van der Waals surface area contributed by atoms with E-state index in [-0.39, 0.29) is 0 Å². The average Bonchev–Trinajstić information content (AvgIpc) is 2.34. The molecule has 0 heterocycles. The summed E-state index contributed by atoms with van der Waals surface area (Å²) in [5.74, 6) is 0. The molecule has 0 aliphatic heterocycles. The van der Waals surface area contributed by atoms with Gasteiger partial charge in [-0.15, -0.1) is 0 Å². The van der Waals surface area contributed by atoms with Gasteiger partial charge in [0.15, 0.2) is 25.2 Å². The van der Waals surface area contributed by atoms with Crippen LogP contribution in [0.25, 0.3) is 0 Å². The third-order valence-corrected chi connectivity index (χ3v) is 31.1. The molecule has 128 valence electrons. The second kappa shape index (κ2) is 6.81. The van der Waals surface area contributed by atoms with E-state index in [1.807, 2.05) is 0 Å². The van der Waals surface area contributed by atoms with Crippen molar-refractivity contribution in [3.63, 3.8) is 0 Å². The van der Waals surface area contributed by atoms with Crippen molar-refractivity contribution in [2.75, 3.05) is 21.1 Å². The van der Waals surface area contributed by atoms with Crippen molar-refractivity contribution in [3.05, 3.63) is 0 Å². The monoisotopic (exact) mass is 380 g/mol. The highest BCUT2D eigenvalue weighted by Crippen LogP contribution is 2.27. The van der Waals surface area contributed by atoms with Gasteiger partial charge in [-0.3, -0.25) is 0 Å². The van der Waals surface area contributed by atoms with Gasteiger partial charge in [-0.25, -0.2) is 0 Å². The number of nitrogens with one attached hydrogen (secondary N) is 1. The molecule has 0 fully saturated rings. The molecule has 0 radical (unpaired) electrons. The van der Waals surface area contributed by atoms with Gasteiger partial charge in [-0.05, 0) is 60.4 Å². The fraction of sp³-hybridized carbons (Fsp3) is 1.00. The van der Waals surface area contributed by atoms with Crippen molar-refractivity contribution in [1.29, 1.82) is 0 Å². The van der Waals surface area contributed by atoms with Gasteiger partial charge < -0.3 is 17.3 Å². The highest BCUT2D eigenvalue weighted by Gasteiger charge is 2.49. The van der Waals surface area contributed by atoms with Crippen LogP contribution < -0.4 is 4.65 Å². The fourth-order valence-electron chi connectivity index (χ4n) is 2.79. The molecule has 21 heavy (non-hydrogen) atoms. The van der Waals surface area contributed by atoms with Crippen molar-refractivity contribution in [3.8, 4) is 0 Å². The van der Waals surface area contributed by atoms with Gasteiger partial charge in [0.1, 0.15) is 8.24 Å². The molecule has 0 unspecified atom stereocenters.